The fourth-order valence-corrected chi connectivity index (χ4v) is 3.56. The first-order valence-corrected chi connectivity index (χ1v) is 8.39. The van der Waals surface area contributed by atoms with Crippen molar-refractivity contribution in [3.63, 3.8) is 0 Å². The molecule has 1 aliphatic rings. The van der Waals surface area contributed by atoms with Crippen LogP contribution in [0.3, 0.4) is 0 Å². The van der Waals surface area contributed by atoms with E-state index in [1.807, 2.05) is 30.8 Å². The van der Waals surface area contributed by atoms with Gasteiger partial charge in [0.05, 0.1) is 0 Å². The van der Waals surface area contributed by atoms with Crippen LogP contribution in [0, 0.1) is 0 Å². The standard InChI is InChI=1S/C16H24N2OS/c1-3-12(2)17-16(19)18-13-8-10-15(11-9-13)20-14-6-4-5-7-14/h8-12,14H,3-7H2,1-2H3,(H2,17,18,19). The number of nitrogens with one attached hydrogen (secondary N) is 2. The van der Waals surface area contributed by atoms with Gasteiger partial charge in [-0.15, -0.1) is 11.8 Å². The van der Waals surface area contributed by atoms with Gasteiger partial charge >= 0.3 is 6.03 Å². The van der Waals surface area contributed by atoms with Crippen molar-refractivity contribution in [1.82, 2.24) is 5.32 Å². The van der Waals surface area contributed by atoms with Crippen molar-refractivity contribution in [1.29, 1.82) is 0 Å². The van der Waals surface area contributed by atoms with Gasteiger partial charge in [-0.1, -0.05) is 19.8 Å². The highest BCUT2D eigenvalue weighted by atomic mass is 32.2. The maximum atomic E-state index is 11.7. The Kier molecular flexibility index (Phi) is 5.77. The summed E-state index contributed by atoms with van der Waals surface area (Å²) in [7, 11) is 0. The zero-order chi connectivity index (χ0) is 14.4. The maximum absolute atomic E-state index is 11.7. The summed E-state index contributed by atoms with van der Waals surface area (Å²) in [6, 6.07) is 8.23. The van der Waals surface area contributed by atoms with Crippen molar-refractivity contribution in [3.05, 3.63) is 24.3 Å². The highest BCUT2D eigenvalue weighted by Gasteiger charge is 2.15. The summed E-state index contributed by atoms with van der Waals surface area (Å²) >= 11 is 1.96. The van der Waals surface area contributed by atoms with Crippen molar-refractivity contribution in [2.75, 3.05) is 5.32 Å². The Morgan fingerprint density at radius 1 is 1.30 bits per heavy atom. The minimum atomic E-state index is -0.129. The van der Waals surface area contributed by atoms with Crippen LogP contribution in [0.2, 0.25) is 0 Å². The second-order valence-corrected chi connectivity index (χ2v) is 6.83. The lowest BCUT2D eigenvalue weighted by molar-refractivity contribution is 0.249. The van der Waals surface area contributed by atoms with Gasteiger partial charge in [-0.2, -0.15) is 0 Å². The van der Waals surface area contributed by atoms with Crippen molar-refractivity contribution in [2.45, 2.75) is 62.1 Å². The molecule has 0 radical (unpaired) electrons. The van der Waals surface area contributed by atoms with Crippen molar-refractivity contribution >= 4 is 23.5 Å². The van der Waals surface area contributed by atoms with E-state index in [1.54, 1.807) is 0 Å². The average molecular weight is 292 g/mol. The smallest absolute Gasteiger partial charge is 0.319 e. The largest absolute Gasteiger partial charge is 0.335 e. The quantitative estimate of drug-likeness (QED) is 0.830. The van der Waals surface area contributed by atoms with Gasteiger partial charge < -0.3 is 10.6 Å². The average Bonchev–Trinajstić information content (AvgIpc) is 2.93. The number of hydrogen-bond acceptors (Lipinski definition) is 2. The van der Waals surface area contributed by atoms with E-state index in [2.05, 4.69) is 29.7 Å². The Morgan fingerprint density at radius 2 is 1.95 bits per heavy atom. The molecule has 1 fully saturated rings. The minimum Gasteiger partial charge on any atom is -0.335 e. The first kappa shape index (κ1) is 15.2. The molecule has 0 heterocycles. The van der Waals surface area contributed by atoms with Crippen LogP contribution in [-0.4, -0.2) is 17.3 Å². The third-order valence-electron chi connectivity index (χ3n) is 3.71. The number of benzene rings is 1. The Labute approximate surface area is 125 Å². The summed E-state index contributed by atoms with van der Waals surface area (Å²) < 4.78 is 0. The second-order valence-electron chi connectivity index (χ2n) is 5.46. The molecule has 1 aromatic rings. The Hall–Kier alpha value is -1.16. The van der Waals surface area contributed by atoms with Gasteiger partial charge in [0.25, 0.3) is 0 Å². The molecule has 0 bridgehead atoms. The van der Waals surface area contributed by atoms with Gasteiger partial charge in [0.15, 0.2) is 0 Å². The fourth-order valence-electron chi connectivity index (χ4n) is 2.31. The Morgan fingerprint density at radius 3 is 2.55 bits per heavy atom. The third kappa shape index (κ3) is 4.75. The van der Waals surface area contributed by atoms with Gasteiger partial charge in [-0.05, 0) is 50.5 Å². The molecule has 1 aliphatic carbocycles. The normalized spacial score (nSPS) is 16.9. The predicted molar refractivity (Wildman–Crippen MR) is 86.5 cm³/mol. The van der Waals surface area contributed by atoms with Crippen LogP contribution in [0.25, 0.3) is 0 Å². The molecule has 2 N–H and O–H groups in total. The lowest BCUT2D eigenvalue weighted by atomic mass is 10.3. The molecule has 0 saturated heterocycles. The molecule has 2 rings (SSSR count). The summed E-state index contributed by atoms with van der Waals surface area (Å²) in [5.74, 6) is 0. The van der Waals surface area contributed by atoms with E-state index in [-0.39, 0.29) is 12.1 Å². The molecule has 1 atom stereocenters. The van der Waals surface area contributed by atoms with Crippen molar-refractivity contribution in [2.24, 2.45) is 0 Å². The molecule has 0 aliphatic heterocycles. The van der Waals surface area contributed by atoms with Crippen LogP contribution in [0.1, 0.15) is 46.0 Å². The molecular formula is C16H24N2OS. The van der Waals surface area contributed by atoms with Crippen LogP contribution >= 0.6 is 11.8 Å². The van der Waals surface area contributed by atoms with Gasteiger partial charge in [0.1, 0.15) is 0 Å². The summed E-state index contributed by atoms with van der Waals surface area (Å²) in [4.78, 5) is 13.0. The van der Waals surface area contributed by atoms with Gasteiger partial charge in [0, 0.05) is 21.9 Å². The first-order valence-electron chi connectivity index (χ1n) is 7.51. The molecule has 1 saturated carbocycles. The van der Waals surface area contributed by atoms with E-state index in [0.717, 1.165) is 17.4 Å². The highest BCUT2D eigenvalue weighted by Crippen LogP contribution is 2.34. The van der Waals surface area contributed by atoms with Crippen LogP contribution < -0.4 is 10.6 Å². The van der Waals surface area contributed by atoms with Gasteiger partial charge in [-0.25, -0.2) is 4.79 Å². The number of carbonyl (C=O) groups is 1. The number of amides is 2. The van der Waals surface area contributed by atoms with E-state index in [4.69, 9.17) is 0 Å². The summed E-state index contributed by atoms with van der Waals surface area (Å²) in [6.07, 6.45) is 6.34. The number of carbonyl (C=O) groups excluding carboxylic acids is 1. The fraction of sp³-hybridized carbons (Fsp3) is 0.562. The van der Waals surface area contributed by atoms with E-state index in [1.165, 1.54) is 30.6 Å². The van der Waals surface area contributed by atoms with Crippen LogP contribution in [0.5, 0.6) is 0 Å². The molecule has 1 unspecified atom stereocenters. The van der Waals surface area contributed by atoms with Crippen molar-refractivity contribution in [3.8, 4) is 0 Å². The lowest BCUT2D eigenvalue weighted by Gasteiger charge is -2.13. The number of urea groups is 1. The van der Waals surface area contributed by atoms with Gasteiger partial charge in [-0.3, -0.25) is 0 Å². The zero-order valence-corrected chi connectivity index (χ0v) is 13.1. The molecule has 3 nitrogen and oxygen atoms in total. The molecule has 2 amide bonds. The van der Waals surface area contributed by atoms with E-state index in [0.29, 0.717) is 0 Å². The zero-order valence-electron chi connectivity index (χ0n) is 12.3. The van der Waals surface area contributed by atoms with Crippen molar-refractivity contribution < 1.29 is 4.79 Å². The van der Waals surface area contributed by atoms with Crippen LogP contribution in [0.4, 0.5) is 10.5 Å². The molecule has 20 heavy (non-hydrogen) atoms. The van der Waals surface area contributed by atoms with E-state index < -0.39 is 0 Å². The van der Waals surface area contributed by atoms with Gasteiger partial charge in [0.2, 0.25) is 0 Å². The van der Waals surface area contributed by atoms with Crippen LogP contribution in [-0.2, 0) is 0 Å². The summed E-state index contributed by atoms with van der Waals surface area (Å²) in [5, 5.41) is 6.54. The monoisotopic (exact) mass is 292 g/mol. The molecule has 0 aromatic heterocycles. The van der Waals surface area contributed by atoms with Crippen LogP contribution in [0.15, 0.2) is 29.2 Å². The topological polar surface area (TPSA) is 41.1 Å². The summed E-state index contributed by atoms with van der Waals surface area (Å²) in [6.45, 7) is 4.06. The molecular weight excluding hydrogens is 268 g/mol. The van der Waals surface area contributed by atoms with E-state index >= 15 is 0 Å². The number of thioether (sulfide) groups is 1. The first-order chi connectivity index (χ1) is 9.67. The number of anilines is 1. The number of rotatable bonds is 5. The predicted octanol–water partition coefficient (Wildman–Crippen LogP) is 4.64. The molecule has 110 valence electrons. The molecule has 1 aromatic carbocycles. The third-order valence-corrected chi connectivity index (χ3v) is 5.06. The van der Waals surface area contributed by atoms with E-state index in [9.17, 15) is 4.79 Å². The lowest BCUT2D eigenvalue weighted by Crippen LogP contribution is -2.35. The minimum absolute atomic E-state index is 0.129. The maximum Gasteiger partial charge on any atom is 0.319 e. The molecule has 0 spiro atoms. The Balaban J connectivity index is 1.83. The SMILES string of the molecule is CCC(C)NC(=O)Nc1ccc(SC2CCCC2)cc1. The number of hydrogen-bond donors (Lipinski definition) is 2. The Bertz CT molecular complexity index is 427. The molecule has 4 heteroatoms. The highest BCUT2D eigenvalue weighted by molar-refractivity contribution is 8.00. The summed E-state index contributed by atoms with van der Waals surface area (Å²) in [5.41, 5.74) is 0.849. The second kappa shape index (κ2) is 7.58.